The molecule has 0 aliphatic carbocycles. The monoisotopic (exact) mass is 249 g/mol. The molecule has 0 unspecified atom stereocenters. The first-order chi connectivity index (χ1) is 8.19. The van der Waals surface area contributed by atoms with E-state index in [9.17, 15) is 4.39 Å². The van der Waals surface area contributed by atoms with Crippen LogP contribution in [0.25, 0.3) is 0 Å². The number of hydrogen-bond donors (Lipinski definition) is 1. The third-order valence-corrected chi connectivity index (χ3v) is 2.80. The number of nitrogens with zero attached hydrogens (tertiary/aromatic N) is 2. The van der Waals surface area contributed by atoms with Crippen LogP contribution in [0, 0.1) is 12.7 Å². The summed E-state index contributed by atoms with van der Waals surface area (Å²) < 4.78 is 12.8. The van der Waals surface area contributed by atoms with Gasteiger partial charge in [0.25, 0.3) is 0 Å². The highest BCUT2D eigenvalue weighted by Crippen LogP contribution is 2.20. The summed E-state index contributed by atoms with van der Waals surface area (Å²) in [6.45, 7) is 1.93. The van der Waals surface area contributed by atoms with Crippen LogP contribution in [0.15, 0.2) is 35.6 Å². The van der Waals surface area contributed by atoms with Gasteiger partial charge >= 0.3 is 0 Å². The fraction of sp³-hybridized carbons (Fsp3) is 0.167. The van der Waals surface area contributed by atoms with Crippen molar-refractivity contribution >= 4 is 23.3 Å². The molecular formula is C12H12FN3S. The summed E-state index contributed by atoms with van der Waals surface area (Å²) in [6, 6.07) is 6.17. The number of nitrogens with one attached hydrogen (secondary N) is 1. The van der Waals surface area contributed by atoms with Gasteiger partial charge in [-0.25, -0.2) is 14.4 Å². The minimum atomic E-state index is -0.250. The molecule has 2 rings (SSSR count). The van der Waals surface area contributed by atoms with E-state index >= 15 is 0 Å². The molecule has 0 aliphatic heterocycles. The van der Waals surface area contributed by atoms with Crippen LogP contribution in [-0.4, -0.2) is 16.2 Å². The molecule has 0 bridgehead atoms. The first-order valence-electron chi connectivity index (χ1n) is 5.09. The molecule has 1 heterocycles. The molecule has 3 nitrogen and oxygen atoms in total. The van der Waals surface area contributed by atoms with Gasteiger partial charge in [0.15, 0.2) is 5.16 Å². The van der Waals surface area contributed by atoms with Crippen LogP contribution in [0.4, 0.5) is 15.9 Å². The Bertz CT molecular complexity index is 514. The number of rotatable bonds is 3. The first-order valence-corrected chi connectivity index (χ1v) is 6.32. The molecule has 0 atom stereocenters. The molecule has 1 N–H and O–H groups in total. The molecule has 5 heteroatoms. The van der Waals surface area contributed by atoms with Gasteiger partial charge in [-0.3, -0.25) is 0 Å². The molecular weight excluding hydrogens is 237 g/mol. The van der Waals surface area contributed by atoms with E-state index in [1.165, 1.54) is 23.9 Å². The quantitative estimate of drug-likeness (QED) is 0.668. The summed E-state index contributed by atoms with van der Waals surface area (Å²) in [5.74, 6) is 0.496. The predicted octanol–water partition coefficient (Wildman–Crippen LogP) is 3.39. The maximum Gasteiger partial charge on any atom is 0.189 e. The highest BCUT2D eigenvalue weighted by molar-refractivity contribution is 7.98. The Morgan fingerprint density at radius 2 is 1.94 bits per heavy atom. The molecule has 17 heavy (non-hydrogen) atoms. The third-order valence-electron chi connectivity index (χ3n) is 2.24. The molecule has 0 spiro atoms. The van der Waals surface area contributed by atoms with E-state index in [-0.39, 0.29) is 5.82 Å². The maximum absolute atomic E-state index is 12.8. The van der Waals surface area contributed by atoms with Gasteiger partial charge in [-0.2, -0.15) is 0 Å². The number of thioether (sulfide) groups is 1. The van der Waals surface area contributed by atoms with Crippen LogP contribution < -0.4 is 5.32 Å². The van der Waals surface area contributed by atoms with Crippen LogP contribution in [-0.2, 0) is 0 Å². The fourth-order valence-electron chi connectivity index (χ4n) is 1.32. The van der Waals surface area contributed by atoms with Gasteiger partial charge in [-0.1, -0.05) is 11.8 Å². The molecule has 0 fully saturated rings. The third kappa shape index (κ3) is 2.94. The van der Waals surface area contributed by atoms with Crippen molar-refractivity contribution < 1.29 is 4.39 Å². The number of aromatic nitrogens is 2. The molecule has 1 aromatic heterocycles. The van der Waals surface area contributed by atoms with E-state index in [2.05, 4.69) is 15.3 Å². The van der Waals surface area contributed by atoms with Gasteiger partial charge in [-0.15, -0.1) is 0 Å². The van der Waals surface area contributed by atoms with Gasteiger partial charge in [0, 0.05) is 17.4 Å². The molecule has 0 saturated carbocycles. The minimum Gasteiger partial charge on any atom is -0.340 e. The van der Waals surface area contributed by atoms with E-state index in [4.69, 9.17) is 0 Å². The van der Waals surface area contributed by atoms with Crippen LogP contribution in [0.5, 0.6) is 0 Å². The topological polar surface area (TPSA) is 37.8 Å². The average molecular weight is 249 g/mol. The normalized spacial score (nSPS) is 10.3. The van der Waals surface area contributed by atoms with Gasteiger partial charge in [0.05, 0.1) is 0 Å². The SMILES string of the molecule is CSc1ncc(C)c(Nc2ccc(F)cc2)n1. The Morgan fingerprint density at radius 1 is 1.24 bits per heavy atom. The zero-order valence-electron chi connectivity index (χ0n) is 9.57. The number of benzene rings is 1. The highest BCUT2D eigenvalue weighted by atomic mass is 32.2. The Kier molecular flexibility index (Phi) is 3.58. The zero-order chi connectivity index (χ0) is 12.3. The predicted molar refractivity (Wildman–Crippen MR) is 68.2 cm³/mol. The molecule has 0 amide bonds. The second-order valence-electron chi connectivity index (χ2n) is 3.52. The van der Waals surface area contributed by atoms with Gasteiger partial charge in [0.2, 0.25) is 0 Å². The van der Waals surface area contributed by atoms with E-state index in [0.717, 1.165) is 17.1 Å². The Balaban J connectivity index is 2.25. The van der Waals surface area contributed by atoms with Gasteiger partial charge in [-0.05, 0) is 37.4 Å². The molecule has 0 saturated heterocycles. The number of anilines is 2. The molecule has 0 aliphatic rings. The lowest BCUT2D eigenvalue weighted by Gasteiger charge is -2.08. The van der Waals surface area contributed by atoms with Crippen molar-refractivity contribution in [3.8, 4) is 0 Å². The number of aryl methyl sites for hydroxylation is 1. The van der Waals surface area contributed by atoms with Crippen molar-refractivity contribution in [1.29, 1.82) is 0 Å². The standard InChI is InChI=1S/C12H12FN3S/c1-8-7-14-12(17-2)16-11(8)15-10-5-3-9(13)4-6-10/h3-7H,1-2H3,(H,14,15,16). The number of halogens is 1. The van der Waals surface area contributed by atoms with Gasteiger partial charge in [0.1, 0.15) is 11.6 Å². The van der Waals surface area contributed by atoms with Crippen molar-refractivity contribution in [3.05, 3.63) is 41.8 Å². The van der Waals surface area contributed by atoms with Crippen LogP contribution in [0.1, 0.15) is 5.56 Å². The zero-order valence-corrected chi connectivity index (χ0v) is 10.4. The largest absolute Gasteiger partial charge is 0.340 e. The summed E-state index contributed by atoms with van der Waals surface area (Å²) in [5.41, 5.74) is 1.76. The van der Waals surface area contributed by atoms with Gasteiger partial charge < -0.3 is 5.32 Å². The Labute approximate surface area is 103 Å². The lowest BCUT2D eigenvalue weighted by atomic mass is 10.3. The molecule has 1 aromatic carbocycles. The summed E-state index contributed by atoms with van der Waals surface area (Å²) in [5, 5.41) is 3.85. The van der Waals surface area contributed by atoms with E-state index in [1.807, 2.05) is 13.2 Å². The minimum absolute atomic E-state index is 0.250. The second-order valence-corrected chi connectivity index (χ2v) is 4.29. The van der Waals surface area contributed by atoms with Crippen molar-refractivity contribution in [2.45, 2.75) is 12.1 Å². The number of hydrogen-bond acceptors (Lipinski definition) is 4. The highest BCUT2D eigenvalue weighted by Gasteiger charge is 2.03. The van der Waals surface area contributed by atoms with Crippen molar-refractivity contribution in [2.75, 3.05) is 11.6 Å². The molecule has 2 aromatic rings. The van der Waals surface area contributed by atoms with Crippen LogP contribution in [0.2, 0.25) is 0 Å². The van der Waals surface area contributed by atoms with E-state index in [0.29, 0.717) is 5.16 Å². The average Bonchev–Trinajstić information content (AvgIpc) is 2.35. The van der Waals surface area contributed by atoms with E-state index < -0.39 is 0 Å². The van der Waals surface area contributed by atoms with E-state index in [1.54, 1.807) is 18.3 Å². The summed E-state index contributed by atoms with van der Waals surface area (Å²) in [6.07, 6.45) is 3.69. The van der Waals surface area contributed by atoms with Crippen LogP contribution >= 0.6 is 11.8 Å². The summed E-state index contributed by atoms with van der Waals surface area (Å²) in [7, 11) is 0. The van der Waals surface area contributed by atoms with Crippen molar-refractivity contribution in [1.82, 2.24) is 9.97 Å². The van der Waals surface area contributed by atoms with Crippen molar-refractivity contribution in [2.24, 2.45) is 0 Å². The first kappa shape index (κ1) is 11.9. The van der Waals surface area contributed by atoms with Crippen LogP contribution in [0.3, 0.4) is 0 Å². The lowest BCUT2D eigenvalue weighted by molar-refractivity contribution is 0.628. The summed E-state index contributed by atoms with van der Waals surface area (Å²) in [4.78, 5) is 8.52. The maximum atomic E-state index is 12.8. The fourth-order valence-corrected chi connectivity index (χ4v) is 1.66. The summed E-state index contributed by atoms with van der Waals surface area (Å²) >= 11 is 1.48. The Morgan fingerprint density at radius 3 is 2.59 bits per heavy atom. The smallest absolute Gasteiger partial charge is 0.189 e. The van der Waals surface area contributed by atoms with Crippen molar-refractivity contribution in [3.63, 3.8) is 0 Å². The Hall–Kier alpha value is -1.62. The molecule has 0 radical (unpaired) electrons. The second kappa shape index (κ2) is 5.14. The lowest BCUT2D eigenvalue weighted by Crippen LogP contribution is -1.99. The molecule has 88 valence electrons.